The molecule has 0 fully saturated rings. The van der Waals surface area contributed by atoms with Gasteiger partial charge in [0.2, 0.25) is 0 Å². The van der Waals surface area contributed by atoms with Crippen molar-refractivity contribution in [1.29, 1.82) is 0 Å². The topological polar surface area (TPSA) is 88.1 Å². The lowest BCUT2D eigenvalue weighted by Crippen LogP contribution is -2.47. The summed E-state index contributed by atoms with van der Waals surface area (Å²) in [7, 11) is 0. The van der Waals surface area contributed by atoms with E-state index in [0.29, 0.717) is 31.7 Å². The Labute approximate surface area is 169 Å². The predicted octanol–water partition coefficient (Wildman–Crippen LogP) is 1.70. The molecule has 0 radical (unpaired) electrons. The molecule has 7 nitrogen and oxygen atoms in total. The van der Waals surface area contributed by atoms with Gasteiger partial charge in [-0.2, -0.15) is 0 Å². The van der Waals surface area contributed by atoms with Crippen LogP contribution in [0, 0.1) is 0 Å². The maximum Gasteiger partial charge on any atom is 0.313 e. The fraction of sp³-hybridized carbons (Fsp3) is 0.227. The molecule has 2 aromatic carbocycles. The lowest BCUT2D eigenvalue weighted by Gasteiger charge is -2.17. The Balaban J connectivity index is 1.40. The Morgan fingerprint density at radius 3 is 2.72 bits per heavy atom. The standard InChI is InChI=1S/C22H23N5O2/c28-21(25-18-13-23-14-20-24-10-11-27(20)15-18)22(29)26-19-9-5-4-8-17(19)12-16-6-2-1-3-7-16/h1-11,18,23H,12-15H2,(H,25,28)(H,26,29). The lowest BCUT2D eigenvalue weighted by atomic mass is 10.0. The van der Waals surface area contributed by atoms with E-state index in [1.165, 1.54) is 0 Å². The molecule has 1 atom stereocenters. The molecule has 0 aliphatic carbocycles. The zero-order chi connectivity index (χ0) is 20.1. The molecule has 1 aliphatic heterocycles. The molecule has 4 rings (SSSR count). The number of anilines is 1. The fourth-order valence-corrected chi connectivity index (χ4v) is 3.47. The van der Waals surface area contributed by atoms with E-state index in [-0.39, 0.29) is 6.04 Å². The van der Waals surface area contributed by atoms with Crippen LogP contribution in [-0.4, -0.2) is 34.0 Å². The quantitative estimate of drug-likeness (QED) is 0.593. The summed E-state index contributed by atoms with van der Waals surface area (Å²) in [5.74, 6) is -0.392. The van der Waals surface area contributed by atoms with Gasteiger partial charge in [0.05, 0.1) is 12.6 Å². The first-order chi connectivity index (χ1) is 14.2. The molecule has 2 heterocycles. The number of imidazole rings is 1. The lowest BCUT2D eigenvalue weighted by molar-refractivity contribution is -0.136. The van der Waals surface area contributed by atoms with Crippen molar-refractivity contribution < 1.29 is 9.59 Å². The molecule has 1 unspecified atom stereocenters. The maximum absolute atomic E-state index is 12.5. The second kappa shape index (κ2) is 8.70. The number of amides is 2. The SMILES string of the molecule is O=C(Nc1ccccc1Cc1ccccc1)C(=O)NC1CNCc2nccn2C1. The summed E-state index contributed by atoms with van der Waals surface area (Å²) in [4.78, 5) is 29.3. The molecule has 0 saturated carbocycles. The highest BCUT2D eigenvalue weighted by Gasteiger charge is 2.22. The Morgan fingerprint density at radius 2 is 1.86 bits per heavy atom. The molecule has 0 spiro atoms. The molecule has 3 N–H and O–H groups in total. The first-order valence-electron chi connectivity index (χ1n) is 9.63. The molecular formula is C22H23N5O2. The average molecular weight is 389 g/mol. The molecular weight excluding hydrogens is 366 g/mol. The van der Waals surface area contributed by atoms with Crippen LogP contribution in [0.4, 0.5) is 5.69 Å². The maximum atomic E-state index is 12.5. The largest absolute Gasteiger partial charge is 0.342 e. The monoisotopic (exact) mass is 389 g/mol. The van der Waals surface area contributed by atoms with Crippen molar-refractivity contribution >= 4 is 17.5 Å². The van der Waals surface area contributed by atoms with Crippen molar-refractivity contribution in [3.63, 3.8) is 0 Å². The van der Waals surface area contributed by atoms with Gasteiger partial charge in [0.25, 0.3) is 0 Å². The van der Waals surface area contributed by atoms with E-state index in [4.69, 9.17) is 0 Å². The number of nitrogens with one attached hydrogen (secondary N) is 3. The van der Waals surface area contributed by atoms with E-state index in [0.717, 1.165) is 17.0 Å². The van der Waals surface area contributed by atoms with Crippen molar-refractivity contribution in [2.75, 3.05) is 11.9 Å². The normalized spacial score (nSPS) is 15.8. The van der Waals surface area contributed by atoms with Crippen LogP contribution < -0.4 is 16.0 Å². The van der Waals surface area contributed by atoms with Crippen molar-refractivity contribution in [3.05, 3.63) is 83.9 Å². The van der Waals surface area contributed by atoms with Crippen molar-refractivity contribution in [2.24, 2.45) is 0 Å². The van der Waals surface area contributed by atoms with Crippen LogP contribution in [0.25, 0.3) is 0 Å². The first-order valence-corrected chi connectivity index (χ1v) is 9.63. The summed E-state index contributed by atoms with van der Waals surface area (Å²) < 4.78 is 1.98. The van der Waals surface area contributed by atoms with E-state index in [2.05, 4.69) is 20.9 Å². The molecule has 7 heteroatoms. The molecule has 0 bridgehead atoms. The van der Waals surface area contributed by atoms with Crippen LogP contribution in [-0.2, 0) is 29.1 Å². The van der Waals surface area contributed by atoms with E-state index in [1.807, 2.05) is 65.4 Å². The second-order valence-corrected chi connectivity index (χ2v) is 7.07. The predicted molar refractivity (Wildman–Crippen MR) is 110 cm³/mol. The first kappa shape index (κ1) is 18.9. The third-order valence-corrected chi connectivity index (χ3v) is 4.94. The summed E-state index contributed by atoms with van der Waals surface area (Å²) in [6.07, 6.45) is 4.29. The van der Waals surface area contributed by atoms with E-state index < -0.39 is 11.8 Å². The number of para-hydroxylation sites is 1. The number of benzene rings is 2. The summed E-state index contributed by atoms with van der Waals surface area (Å²) in [5.41, 5.74) is 2.74. The van der Waals surface area contributed by atoms with E-state index in [1.54, 1.807) is 6.20 Å². The van der Waals surface area contributed by atoms with Crippen molar-refractivity contribution in [1.82, 2.24) is 20.2 Å². The van der Waals surface area contributed by atoms with E-state index >= 15 is 0 Å². The smallest absolute Gasteiger partial charge is 0.313 e. The van der Waals surface area contributed by atoms with Gasteiger partial charge in [-0.25, -0.2) is 4.98 Å². The zero-order valence-electron chi connectivity index (χ0n) is 16.0. The Kier molecular flexibility index (Phi) is 5.67. The number of rotatable bonds is 4. The number of hydrogen-bond donors (Lipinski definition) is 3. The van der Waals surface area contributed by atoms with Gasteiger partial charge in [-0.05, 0) is 23.6 Å². The van der Waals surface area contributed by atoms with Crippen molar-refractivity contribution in [3.8, 4) is 0 Å². The summed E-state index contributed by atoms with van der Waals surface area (Å²) in [6.45, 7) is 1.79. The fourth-order valence-electron chi connectivity index (χ4n) is 3.47. The number of aromatic nitrogens is 2. The minimum absolute atomic E-state index is 0.191. The van der Waals surface area contributed by atoms with Gasteiger partial charge in [-0.3, -0.25) is 9.59 Å². The van der Waals surface area contributed by atoms with Gasteiger partial charge < -0.3 is 20.5 Å². The number of carbonyl (C=O) groups is 2. The van der Waals surface area contributed by atoms with Gasteiger partial charge in [0.15, 0.2) is 0 Å². The Hall–Kier alpha value is -3.45. The highest BCUT2D eigenvalue weighted by Crippen LogP contribution is 2.19. The van der Waals surface area contributed by atoms with Gasteiger partial charge in [-0.15, -0.1) is 0 Å². The molecule has 1 aromatic heterocycles. The molecule has 0 saturated heterocycles. The van der Waals surface area contributed by atoms with Crippen LogP contribution in [0.2, 0.25) is 0 Å². The van der Waals surface area contributed by atoms with Gasteiger partial charge >= 0.3 is 11.8 Å². The van der Waals surface area contributed by atoms with Gasteiger partial charge in [-0.1, -0.05) is 48.5 Å². The molecule has 29 heavy (non-hydrogen) atoms. The van der Waals surface area contributed by atoms with Crippen LogP contribution in [0.1, 0.15) is 17.0 Å². The van der Waals surface area contributed by atoms with Crippen LogP contribution >= 0.6 is 0 Å². The van der Waals surface area contributed by atoms with E-state index in [9.17, 15) is 9.59 Å². The molecule has 3 aromatic rings. The summed E-state index contributed by atoms with van der Waals surface area (Å²) in [5, 5.41) is 8.82. The number of fused-ring (bicyclic) bond motifs is 1. The highest BCUT2D eigenvalue weighted by molar-refractivity contribution is 6.39. The summed E-state index contributed by atoms with van der Waals surface area (Å²) >= 11 is 0. The number of hydrogen-bond acceptors (Lipinski definition) is 4. The molecule has 148 valence electrons. The van der Waals surface area contributed by atoms with Gasteiger partial charge in [0, 0.05) is 31.2 Å². The summed E-state index contributed by atoms with van der Waals surface area (Å²) in [6, 6.07) is 17.4. The molecule has 1 aliphatic rings. The Morgan fingerprint density at radius 1 is 1.07 bits per heavy atom. The third kappa shape index (κ3) is 4.70. The minimum Gasteiger partial charge on any atom is -0.342 e. The average Bonchev–Trinajstić information content (AvgIpc) is 3.08. The number of carbonyl (C=O) groups excluding carboxylic acids is 2. The molecule has 2 amide bonds. The minimum atomic E-state index is -0.666. The highest BCUT2D eigenvalue weighted by atomic mass is 16.2. The van der Waals surface area contributed by atoms with Crippen molar-refractivity contribution in [2.45, 2.75) is 25.6 Å². The van der Waals surface area contributed by atoms with Gasteiger partial charge in [0.1, 0.15) is 5.82 Å². The van der Waals surface area contributed by atoms with Crippen LogP contribution in [0.15, 0.2) is 67.0 Å². The van der Waals surface area contributed by atoms with Crippen LogP contribution in [0.5, 0.6) is 0 Å². The van der Waals surface area contributed by atoms with Crippen LogP contribution in [0.3, 0.4) is 0 Å². The zero-order valence-corrected chi connectivity index (χ0v) is 16.0. The second-order valence-electron chi connectivity index (χ2n) is 7.07. The Bertz CT molecular complexity index is 999. The number of nitrogens with zero attached hydrogens (tertiary/aromatic N) is 2. The third-order valence-electron chi connectivity index (χ3n) is 4.94.